The van der Waals surface area contributed by atoms with E-state index in [1.807, 2.05) is 0 Å². The average molecular weight is 496 g/mol. The maximum Gasteiger partial charge on any atom is 0.0568 e. The number of hydrogen-bond acceptors (Lipinski definition) is 4. The zero-order valence-electron chi connectivity index (χ0n) is 8.44. The standard InChI is InChI=1S/2C4H8Br2O2/c2*5-3(1-7)4(6)2-8/h2*3-4,7-8H,1-2H2. The first-order chi connectivity index (χ1) is 7.44. The molecule has 0 heterocycles. The minimum atomic E-state index is -0.0486. The van der Waals surface area contributed by atoms with Crippen molar-refractivity contribution in [2.45, 2.75) is 19.3 Å². The van der Waals surface area contributed by atoms with Crippen molar-refractivity contribution in [2.24, 2.45) is 0 Å². The minimum Gasteiger partial charge on any atom is -0.395 e. The molecule has 0 aliphatic carbocycles. The van der Waals surface area contributed by atoms with Crippen molar-refractivity contribution in [3.05, 3.63) is 0 Å². The van der Waals surface area contributed by atoms with Crippen molar-refractivity contribution in [1.29, 1.82) is 0 Å². The molecule has 0 radical (unpaired) electrons. The summed E-state index contributed by atoms with van der Waals surface area (Å²) in [5.41, 5.74) is 0. The Labute approximate surface area is 129 Å². The van der Waals surface area contributed by atoms with Crippen molar-refractivity contribution in [3.8, 4) is 0 Å². The summed E-state index contributed by atoms with van der Waals surface area (Å²) >= 11 is 12.6. The van der Waals surface area contributed by atoms with Gasteiger partial charge in [0.1, 0.15) is 0 Å². The molecule has 0 rings (SSSR count). The Bertz CT molecular complexity index is 120. The molecule has 0 aliphatic heterocycles. The Morgan fingerprint density at radius 1 is 0.500 bits per heavy atom. The van der Waals surface area contributed by atoms with Crippen LogP contribution in [0.4, 0.5) is 0 Å². The molecule has 0 bridgehead atoms. The largest absolute Gasteiger partial charge is 0.395 e. The number of halogens is 4. The lowest BCUT2D eigenvalue weighted by atomic mass is 10.3. The maximum atomic E-state index is 8.45. The van der Waals surface area contributed by atoms with E-state index in [1.54, 1.807) is 0 Å². The Balaban J connectivity index is 0. The highest BCUT2D eigenvalue weighted by molar-refractivity contribution is 9.12. The lowest BCUT2D eigenvalue weighted by Gasteiger charge is -2.09. The Kier molecular flexibility index (Phi) is 16.6. The minimum absolute atomic E-state index is 0.0382. The Morgan fingerprint density at radius 3 is 0.688 bits per heavy atom. The van der Waals surface area contributed by atoms with Gasteiger partial charge in [-0.2, -0.15) is 0 Å². The van der Waals surface area contributed by atoms with Crippen molar-refractivity contribution < 1.29 is 20.4 Å². The third-order valence-corrected chi connectivity index (χ3v) is 6.61. The number of aliphatic hydroxyl groups excluding tert-OH is 4. The van der Waals surface area contributed by atoms with Crippen molar-refractivity contribution in [3.63, 3.8) is 0 Å². The summed E-state index contributed by atoms with van der Waals surface area (Å²) in [4.78, 5) is -0.194. The molecule has 4 unspecified atom stereocenters. The summed E-state index contributed by atoms with van der Waals surface area (Å²) in [6, 6.07) is 0. The Morgan fingerprint density at radius 2 is 0.625 bits per heavy atom. The zero-order chi connectivity index (χ0) is 13.1. The van der Waals surface area contributed by atoms with Gasteiger partial charge in [-0.3, -0.25) is 0 Å². The lowest BCUT2D eigenvalue weighted by Crippen LogP contribution is -2.21. The molecular weight excluding hydrogens is 480 g/mol. The van der Waals surface area contributed by atoms with E-state index in [-0.39, 0.29) is 45.7 Å². The molecule has 0 aromatic rings. The van der Waals surface area contributed by atoms with Crippen LogP contribution in [-0.2, 0) is 0 Å². The van der Waals surface area contributed by atoms with Gasteiger partial charge in [0.2, 0.25) is 0 Å². The maximum absolute atomic E-state index is 8.45. The van der Waals surface area contributed by atoms with E-state index in [4.69, 9.17) is 20.4 Å². The van der Waals surface area contributed by atoms with Gasteiger partial charge < -0.3 is 20.4 Å². The molecule has 4 nitrogen and oxygen atoms in total. The smallest absolute Gasteiger partial charge is 0.0568 e. The third-order valence-electron chi connectivity index (χ3n) is 1.48. The van der Waals surface area contributed by atoms with Crippen LogP contribution in [0.5, 0.6) is 0 Å². The third kappa shape index (κ3) is 10.9. The van der Waals surface area contributed by atoms with Crippen LogP contribution in [0, 0.1) is 0 Å². The van der Waals surface area contributed by atoms with Crippen LogP contribution in [0.15, 0.2) is 0 Å². The van der Waals surface area contributed by atoms with Gasteiger partial charge in [0.15, 0.2) is 0 Å². The van der Waals surface area contributed by atoms with E-state index in [0.717, 1.165) is 0 Å². The van der Waals surface area contributed by atoms with Crippen LogP contribution >= 0.6 is 63.7 Å². The van der Waals surface area contributed by atoms with E-state index in [1.165, 1.54) is 0 Å². The van der Waals surface area contributed by atoms with E-state index < -0.39 is 0 Å². The van der Waals surface area contributed by atoms with E-state index in [2.05, 4.69) is 63.7 Å². The highest BCUT2D eigenvalue weighted by Crippen LogP contribution is 2.12. The fraction of sp³-hybridized carbons (Fsp3) is 1.00. The molecular formula is C8H16Br4O4. The van der Waals surface area contributed by atoms with Crippen LogP contribution in [0.25, 0.3) is 0 Å². The van der Waals surface area contributed by atoms with Gasteiger partial charge in [0.25, 0.3) is 0 Å². The summed E-state index contributed by atoms with van der Waals surface area (Å²) in [6.45, 7) is 0.153. The predicted molar refractivity (Wildman–Crippen MR) is 79.2 cm³/mol. The molecule has 4 N–H and O–H groups in total. The highest BCUT2D eigenvalue weighted by Gasteiger charge is 2.12. The normalized spacial score (nSPS) is 18.0. The van der Waals surface area contributed by atoms with Gasteiger partial charge >= 0.3 is 0 Å². The summed E-state index contributed by atoms with van der Waals surface area (Å²) in [7, 11) is 0. The molecule has 0 aliphatic rings. The monoisotopic (exact) mass is 492 g/mol. The number of alkyl halides is 4. The fourth-order valence-corrected chi connectivity index (χ4v) is 1.13. The van der Waals surface area contributed by atoms with Crippen LogP contribution in [-0.4, -0.2) is 66.2 Å². The molecule has 0 fully saturated rings. The molecule has 0 spiro atoms. The van der Waals surface area contributed by atoms with Crippen molar-refractivity contribution >= 4 is 63.7 Å². The van der Waals surface area contributed by atoms with Gasteiger partial charge in [-0.15, -0.1) is 0 Å². The van der Waals surface area contributed by atoms with Gasteiger partial charge in [-0.05, 0) is 0 Å². The highest BCUT2D eigenvalue weighted by atomic mass is 79.9. The number of hydrogen-bond donors (Lipinski definition) is 4. The van der Waals surface area contributed by atoms with Gasteiger partial charge in [0, 0.05) is 0 Å². The molecule has 8 heteroatoms. The molecule has 16 heavy (non-hydrogen) atoms. The lowest BCUT2D eigenvalue weighted by molar-refractivity contribution is 0.256. The SMILES string of the molecule is OCC(Br)C(Br)CO.OCC(Br)C(Br)CO. The molecule has 100 valence electrons. The molecule has 0 aromatic carbocycles. The molecule has 0 amide bonds. The summed E-state index contributed by atoms with van der Waals surface area (Å²) in [5.74, 6) is 0. The number of aliphatic hydroxyl groups is 4. The quantitative estimate of drug-likeness (QED) is 0.415. The van der Waals surface area contributed by atoms with Crippen LogP contribution < -0.4 is 0 Å². The first kappa shape index (κ1) is 20.1. The molecule has 0 saturated heterocycles. The second-order valence-corrected chi connectivity index (χ2v) is 7.50. The topological polar surface area (TPSA) is 80.9 Å². The van der Waals surface area contributed by atoms with E-state index in [9.17, 15) is 0 Å². The summed E-state index contributed by atoms with van der Waals surface area (Å²) in [6.07, 6.45) is 0. The molecule has 0 aromatic heterocycles. The van der Waals surface area contributed by atoms with Crippen molar-refractivity contribution in [1.82, 2.24) is 0 Å². The number of rotatable bonds is 6. The van der Waals surface area contributed by atoms with E-state index in [0.29, 0.717) is 0 Å². The first-order valence-electron chi connectivity index (χ1n) is 4.44. The second kappa shape index (κ2) is 13.2. The first-order valence-corrected chi connectivity index (χ1v) is 8.10. The second-order valence-electron chi connectivity index (χ2n) is 2.79. The fourth-order valence-electron chi connectivity index (χ4n) is 0.458. The van der Waals surface area contributed by atoms with Crippen LogP contribution in [0.3, 0.4) is 0 Å². The van der Waals surface area contributed by atoms with Crippen molar-refractivity contribution in [2.75, 3.05) is 26.4 Å². The Hall–Kier alpha value is 1.76. The van der Waals surface area contributed by atoms with E-state index >= 15 is 0 Å². The van der Waals surface area contributed by atoms with Crippen LogP contribution in [0.1, 0.15) is 0 Å². The van der Waals surface area contributed by atoms with Gasteiger partial charge in [-0.1, -0.05) is 63.7 Å². The summed E-state index contributed by atoms with van der Waals surface area (Å²) in [5, 5.41) is 33.8. The average Bonchev–Trinajstić information content (AvgIpc) is 2.35. The zero-order valence-corrected chi connectivity index (χ0v) is 14.8. The molecule has 4 atom stereocenters. The van der Waals surface area contributed by atoms with Gasteiger partial charge in [0.05, 0.1) is 45.7 Å². The predicted octanol–water partition coefficient (Wildman–Crippen LogP) is 0.996. The van der Waals surface area contributed by atoms with Crippen LogP contribution in [0.2, 0.25) is 0 Å². The summed E-state index contributed by atoms with van der Waals surface area (Å²) < 4.78 is 0. The van der Waals surface area contributed by atoms with Gasteiger partial charge in [-0.25, -0.2) is 0 Å². The molecule has 0 saturated carbocycles.